The predicted octanol–water partition coefficient (Wildman–Crippen LogP) is 3.33. The van der Waals surface area contributed by atoms with E-state index in [4.69, 9.17) is 4.74 Å². The van der Waals surface area contributed by atoms with Crippen LogP contribution in [-0.2, 0) is 11.2 Å². The summed E-state index contributed by atoms with van der Waals surface area (Å²) in [6.45, 7) is 2.45. The Hall–Kier alpha value is -3.68. The summed E-state index contributed by atoms with van der Waals surface area (Å²) in [6, 6.07) is 17.6. The zero-order valence-electron chi connectivity index (χ0n) is 18.5. The van der Waals surface area contributed by atoms with Crippen LogP contribution < -0.4 is 0 Å². The minimum atomic E-state index is -0.507. The quantitative estimate of drug-likeness (QED) is 0.602. The summed E-state index contributed by atoms with van der Waals surface area (Å²) in [5.41, 5.74) is 2.17. The van der Waals surface area contributed by atoms with E-state index in [1.54, 1.807) is 17.2 Å². The van der Waals surface area contributed by atoms with Gasteiger partial charge in [-0.1, -0.05) is 36.4 Å². The molecule has 2 saturated heterocycles. The molecule has 1 atom stereocenters. The first-order chi connectivity index (χ1) is 16.1. The summed E-state index contributed by atoms with van der Waals surface area (Å²) in [5, 5.41) is 7.66. The number of carbonyl (C=O) groups excluding carboxylic acids is 2. The van der Waals surface area contributed by atoms with Gasteiger partial charge in [-0.05, 0) is 43.0 Å². The summed E-state index contributed by atoms with van der Waals surface area (Å²) >= 11 is 0. The van der Waals surface area contributed by atoms with Crippen LogP contribution in [0, 0.1) is 0 Å². The van der Waals surface area contributed by atoms with Crippen molar-refractivity contribution in [3.63, 3.8) is 0 Å². The van der Waals surface area contributed by atoms with Crippen LogP contribution in [0.1, 0.15) is 35.2 Å². The lowest BCUT2D eigenvalue weighted by atomic mass is 9.95. The van der Waals surface area contributed by atoms with E-state index in [1.807, 2.05) is 52.3 Å². The van der Waals surface area contributed by atoms with E-state index >= 15 is 0 Å². The van der Waals surface area contributed by atoms with Gasteiger partial charge in [0.25, 0.3) is 5.91 Å². The van der Waals surface area contributed by atoms with Gasteiger partial charge in [0, 0.05) is 37.3 Å². The molecule has 3 heterocycles. The Bertz CT molecular complexity index is 1120. The van der Waals surface area contributed by atoms with Gasteiger partial charge in [0.15, 0.2) is 0 Å². The lowest BCUT2D eigenvalue weighted by molar-refractivity contribution is 0.0438. The Labute approximate surface area is 192 Å². The Morgan fingerprint density at radius 3 is 2.64 bits per heavy atom. The van der Waals surface area contributed by atoms with Gasteiger partial charge in [-0.3, -0.25) is 9.36 Å². The van der Waals surface area contributed by atoms with Crippen molar-refractivity contribution in [2.75, 3.05) is 26.2 Å². The highest BCUT2D eigenvalue weighted by molar-refractivity contribution is 5.94. The molecule has 0 N–H and O–H groups in total. The number of ether oxygens (including phenoxy) is 1. The van der Waals surface area contributed by atoms with Gasteiger partial charge in [-0.2, -0.15) is 0 Å². The third kappa shape index (κ3) is 4.60. The number of likely N-dealkylation sites (tertiary alicyclic amines) is 1. The number of aromatic nitrogens is 3. The number of hydrogen-bond acceptors (Lipinski definition) is 5. The van der Waals surface area contributed by atoms with E-state index in [-0.39, 0.29) is 12.0 Å². The fourth-order valence-corrected chi connectivity index (χ4v) is 4.72. The first kappa shape index (κ1) is 21.2. The molecule has 0 unspecified atom stereocenters. The minimum absolute atomic E-state index is 0.00719. The maximum Gasteiger partial charge on any atom is 0.410 e. The van der Waals surface area contributed by atoms with E-state index in [0.717, 1.165) is 24.9 Å². The van der Waals surface area contributed by atoms with Crippen LogP contribution in [0.4, 0.5) is 4.79 Å². The van der Waals surface area contributed by atoms with Gasteiger partial charge in [-0.15, -0.1) is 10.2 Å². The highest BCUT2D eigenvalue weighted by Crippen LogP contribution is 2.33. The standard InChI is InChI=1S/C25H27N5O3/c31-23(21-8-4-9-22(16-21)30-18-26-27-19-30)28-13-5-11-25(12-15-28)17-29(24(32)33-25)14-10-20-6-2-1-3-7-20/h1-4,6-9,16,18-19H,5,10-15,17H2/t25-/m0/s1. The van der Waals surface area contributed by atoms with Crippen LogP contribution in [0.3, 0.4) is 0 Å². The van der Waals surface area contributed by atoms with Crippen LogP contribution in [0.5, 0.6) is 0 Å². The van der Waals surface area contributed by atoms with Crippen LogP contribution in [0.15, 0.2) is 67.3 Å². The molecule has 3 aromatic rings. The summed E-state index contributed by atoms with van der Waals surface area (Å²) < 4.78 is 7.68. The molecule has 2 aliphatic heterocycles. The second-order valence-corrected chi connectivity index (χ2v) is 8.77. The lowest BCUT2D eigenvalue weighted by Gasteiger charge is -2.25. The topological polar surface area (TPSA) is 80.6 Å². The van der Waals surface area contributed by atoms with Crippen molar-refractivity contribution in [2.45, 2.75) is 31.3 Å². The Morgan fingerprint density at radius 2 is 1.82 bits per heavy atom. The van der Waals surface area contributed by atoms with Gasteiger partial charge in [0.1, 0.15) is 18.3 Å². The van der Waals surface area contributed by atoms with Crippen LogP contribution in [0.25, 0.3) is 5.69 Å². The van der Waals surface area contributed by atoms with Gasteiger partial charge in [0.05, 0.1) is 6.54 Å². The number of rotatable bonds is 5. The van der Waals surface area contributed by atoms with Crippen molar-refractivity contribution in [1.29, 1.82) is 0 Å². The van der Waals surface area contributed by atoms with Crippen LogP contribution in [0.2, 0.25) is 0 Å². The molecule has 0 aliphatic carbocycles. The molecule has 170 valence electrons. The molecule has 33 heavy (non-hydrogen) atoms. The number of amides is 2. The van der Waals surface area contributed by atoms with E-state index in [2.05, 4.69) is 22.3 Å². The Balaban J connectivity index is 1.22. The molecule has 2 amide bonds. The second kappa shape index (κ2) is 9.05. The van der Waals surface area contributed by atoms with Gasteiger partial charge < -0.3 is 14.5 Å². The van der Waals surface area contributed by atoms with Crippen molar-refractivity contribution in [3.05, 3.63) is 78.4 Å². The number of hydrogen-bond donors (Lipinski definition) is 0. The molecule has 2 fully saturated rings. The molecule has 0 radical (unpaired) electrons. The monoisotopic (exact) mass is 445 g/mol. The van der Waals surface area contributed by atoms with Crippen LogP contribution >= 0.6 is 0 Å². The third-order valence-corrected chi connectivity index (χ3v) is 6.55. The third-order valence-electron chi connectivity index (χ3n) is 6.55. The normalized spacial score (nSPS) is 20.7. The number of benzene rings is 2. The molecule has 5 rings (SSSR count). The molecule has 2 aliphatic rings. The summed E-state index contributed by atoms with van der Waals surface area (Å²) in [4.78, 5) is 29.5. The van der Waals surface area contributed by atoms with E-state index in [9.17, 15) is 9.59 Å². The smallest absolute Gasteiger partial charge is 0.410 e. The highest BCUT2D eigenvalue weighted by atomic mass is 16.6. The Kier molecular flexibility index (Phi) is 5.81. The summed E-state index contributed by atoms with van der Waals surface area (Å²) in [6.07, 6.45) is 6.00. The lowest BCUT2D eigenvalue weighted by Crippen LogP contribution is -2.37. The van der Waals surface area contributed by atoms with Gasteiger partial charge >= 0.3 is 6.09 Å². The summed E-state index contributed by atoms with van der Waals surface area (Å²) in [7, 11) is 0. The first-order valence-corrected chi connectivity index (χ1v) is 11.4. The van der Waals surface area contributed by atoms with Crippen molar-refractivity contribution < 1.29 is 14.3 Å². The predicted molar refractivity (Wildman–Crippen MR) is 122 cm³/mol. The highest BCUT2D eigenvalue weighted by Gasteiger charge is 2.45. The molecule has 0 bridgehead atoms. The van der Waals surface area contributed by atoms with Gasteiger partial charge in [0.2, 0.25) is 0 Å². The molecule has 8 nitrogen and oxygen atoms in total. The fraction of sp³-hybridized carbons (Fsp3) is 0.360. The first-order valence-electron chi connectivity index (χ1n) is 11.4. The van der Waals surface area contributed by atoms with Crippen molar-refractivity contribution >= 4 is 12.0 Å². The second-order valence-electron chi connectivity index (χ2n) is 8.77. The molecule has 1 aromatic heterocycles. The van der Waals surface area contributed by atoms with E-state index in [0.29, 0.717) is 38.2 Å². The fourth-order valence-electron chi connectivity index (χ4n) is 4.72. The molecular weight excluding hydrogens is 418 g/mol. The van der Waals surface area contributed by atoms with Crippen molar-refractivity contribution in [1.82, 2.24) is 24.6 Å². The molecule has 0 saturated carbocycles. The van der Waals surface area contributed by atoms with E-state index in [1.165, 1.54) is 5.56 Å². The Morgan fingerprint density at radius 1 is 1.00 bits per heavy atom. The molecule has 2 aromatic carbocycles. The zero-order valence-corrected chi connectivity index (χ0v) is 18.5. The zero-order chi connectivity index (χ0) is 22.7. The molecule has 1 spiro atoms. The molecular formula is C25H27N5O3. The number of nitrogens with zero attached hydrogens (tertiary/aromatic N) is 5. The number of carbonyl (C=O) groups is 2. The largest absolute Gasteiger partial charge is 0.441 e. The minimum Gasteiger partial charge on any atom is -0.441 e. The average molecular weight is 446 g/mol. The van der Waals surface area contributed by atoms with Crippen LogP contribution in [-0.4, -0.2) is 68.3 Å². The summed E-state index contributed by atoms with van der Waals surface area (Å²) in [5.74, 6) is -0.00719. The molecule has 8 heteroatoms. The SMILES string of the molecule is O=C1O[C@]2(CCCN(C(=O)c3cccc(-n4cnnc4)c3)CC2)CN1CCc1ccccc1. The average Bonchev–Trinajstić information content (AvgIpc) is 3.43. The van der Waals surface area contributed by atoms with E-state index < -0.39 is 5.60 Å². The maximum absolute atomic E-state index is 13.2. The van der Waals surface area contributed by atoms with Crippen molar-refractivity contribution in [3.8, 4) is 5.69 Å². The van der Waals surface area contributed by atoms with Gasteiger partial charge in [-0.25, -0.2) is 4.79 Å². The maximum atomic E-state index is 13.2. The van der Waals surface area contributed by atoms with Crippen molar-refractivity contribution in [2.24, 2.45) is 0 Å².